The molecule has 1 heterocycles. The number of anilines is 1. The Hall–Kier alpha value is -2.82. The first kappa shape index (κ1) is 19.0. The van der Waals surface area contributed by atoms with Crippen molar-refractivity contribution in [3.8, 4) is 5.75 Å². The molecule has 1 N–H and O–H groups in total. The summed E-state index contributed by atoms with van der Waals surface area (Å²) in [6.07, 6.45) is 1.45. The van der Waals surface area contributed by atoms with E-state index in [4.69, 9.17) is 4.74 Å². The summed E-state index contributed by atoms with van der Waals surface area (Å²) in [7, 11) is 0. The lowest BCUT2D eigenvalue weighted by atomic mass is 9.95. The lowest BCUT2D eigenvalue weighted by molar-refractivity contribution is -0.139. The normalized spacial score (nSPS) is 15.4. The predicted molar refractivity (Wildman–Crippen MR) is 106 cm³/mol. The third-order valence-electron chi connectivity index (χ3n) is 4.79. The second kappa shape index (κ2) is 8.71. The summed E-state index contributed by atoms with van der Waals surface area (Å²) in [6.45, 7) is 4.92. The molecule has 1 unspecified atom stereocenters. The fourth-order valence-electron chi connectivity index (χ4n) is 3.36. The minimum Gasteiger partial charge on any atom is -0.492 e. The van der Waals surface area contributed by atoms with Gasteiger partial charge in [-0.15, -0.1) is 0 Å². The average Bonchev–Trinajstić information content (AvgIpc) is 2.68. The molecule has 0 saturated carbocycles. The van der Waals surface area contributed by atoms with Gasteiger partial charge in [0.15, 0.2) is 0 Å². The molecule has 1 atom stereocenters. The van der Waals surface area contributed by atoms with Crippen molar-refractivity contribution < 1.29 is 14.3 Å². The second-order valence-corrected chi connectivity index (χ2v) is 6.94. The van der Waals surface area contributed by atoms with Crippen LogP contribution in [0.2, 0.25) is 0 Å². The van der Waals surface area contributed by atoms with Crippen molar-refractivity contribution in [1.29, 1.82) is 0 Å². The van der Waals surface area contributed by atoms with E-state index in [1.54, 1.807) is 4.90 Å². The van der Waals surface area contributed by atoms with E-state index in [1.165, 1.54) is 0 Å². The first-order valence-corrected chi connectivity index (χ1v) is 9.43. The minimum atomic E-state index is -0.252. The van der Waals surface area contributed by atoms with Crippen molar-refractivity contribution in [2.24, 2.45) is 5.92 Å². The Morgan fingerprint density at radius 3 is 2.67 bits per heavy atom. The second-order valence-electron chi connectivity index (χ2n) is 6.94. The first-order valence-electron chi connectivity index (χ1n) is 9.43. The van der Waals surface area contributed by atoms with Crippen molar-refractivity contribution >= 4 is 17.5 Å². The van der Waals surface area contributed by atoms with Gasteiger partial charge in [-0.25, -0.2) is 0 Å². The van der Waals surface area contributed by atoms with Crippen LogP contribution in [-0.2, 0) is 16.0 Å². The fraction of sp³-hybridized carbons (Fsp3) is 0.364. The number of nitrogens with one attached hydrogen (secondary N) is 1. The number of rotatable bonds is 6. The predicted octanol–water partition coefficient (Wildman–Crippen LogP) is 3.42. The van der Waals surface area contributed by atoms with E-state index in [0.29, 0.717) is 19.6 Å². The molecule has 0 spiro atoms. The summed E-state index contributed by atoms with van der Waals surface area (Å²) in [5.74, 6) is 0.396. The smallest absolute Gasteiger partial charge is 0.244 e. The Labute approximate surface area is 160 Å². The maximum Gasteiger partial charge on any atom is 0.244 e. The summed E-state index contributed by atoms with van der Waals surface area (Å²) in [6, 6.07) is 15.4. The number of hydrogen-bond acceptors (Lipinski definition) is 3. The molecule has 0 fully saturated rings. The molecular formula is C22H26N2O3. The van der Waals surface area contributed by atoms with E-state index < -0.39 is 0 Å². The molecule has 0 aromatic heterocycles. The largest absolute Gasteiger partial charge is 0.492 e. The van der Waals surface area contributed by atoms with Gasteiger partial charge in [0.05, 0.1) is 12.5 Å². The Morgan fingerprint density at radius 2 is 1.89 bits per heavy atom. The van der Waals surface area contributed by atoms with Crippen LogP contribution in [0.25, 0.3) is 0 Å². The van der Waals surface area contributed by atoms with Gasteiger partial charge in [0.1, 0.15) is 12.4 Å². The third kappa shape index (κ3) is 4.67. The highest BCUT2D eigenvalue weighted by Crippen LogP contribution is 2.27. The first-order chi connectivity index (χ1) is 13.1. The Bertz CT molecular complexity index is 819. The Balaban J connectivity index is 1.65. The highest BCUT2D eigenvalue weighted by molar-refractivity contribution is 5.95. The van der Waals surface area contributed by atoms with Gasteiger partial charge >= 0.3 is 0 Å². The highest BCUT2D eigenvalue weighted by Gasteiger charge is 2.30. The summed E-state index contributed by atoms with van der Waals surface area (Å²) in [5.41, 5.74) is 2.82. The van der Waals surface area contributed by atoms with E-state index in [9.17, 15) is 9.59 Å². The summed E-state index contributed by atoms with van der Waals surface area (Å²) >= 11 is 0. The molecule has 2 aromatic rings. The average molecular weight is 366 g/mol. The molecule has 2 aromatic carbocycles. The molecule has 27 heavy (non-hydrogen) atoms. The number of aryl methyl sites for hydroxylation is 1. The van der Waals surface area contributed by atoms with Crippen molar-refractivity contribution in [3.05, 3.63) is 59.7 Å². The van der Waals surface area contributed by atoms with Crippen LogP contribution in [-0.4, -0.2) is 36.4 Å². The van der Waals surface area contributed by atoms with Gasteiger partial charge in [0.25, 0.3) is 0 Å². The molecule has 142 valence electrons. The standard InChI is InChI=1S/C22H26N2O3/c1-3-12-24(14-21(25)23-19-10-6-4-8-16(19)2)22(26)18-13-17-9-5-7-11-20(17)27-15-18/h4-11,18H,3,12-15H2,1-2H3,(H,23,25). The van der Waals surface area contributed by atoms with Crippen LogP contribution < -0.4 is 10.1 Å². The van der Waals surface area contributed by atoms with E-state index in [0.717, 1.165) is 29.0 Å². The lowest BCUT2D eigenvalue weighted by Gasteiger charge is -2.30. The summed E-state index contributed by atoms with van der Waals surface area (Å²) in [5, 5.41) is 2.91. The van der Waals surface area contributed by atoms with Crippen molar-refractivity contribution in [1.82, 2.24) is 4.90 Å². The molecule has 5 heteroatoms. The van der Waals surface area contributed by atoms with Crippen molar-refractivity contribution in [2.75, 3.05) is 25.0 Å². The molecule has 1 aliphatic heterocycles. The number of para-hydroxylation sites is 2. The van der Waals surface area contributed by atoms with Gasteiger partial charge < -0.3 is 15.0 Å². The van der Waals surface area contributed by atoms with Crippen LogP contribution in [0.3, 0.4) is 0 Å². The molecule has 5 nitrogen and oxygen atoms in total. The molecule has 3 rings (SSSR count). The zero-order valence-electron chi connectivity index (χ0n) is 15.9. The molecule has 0 saturated heterocycles. The van der Waals surface area contributed by atoms with Crippen LogP contribution in [0.1, 0.15) is 24.5 Å². The monoisotopic (exact) mass is 366 g/mol. The Kier molecular flexibility index (Phi) is 6.12. The number of nitrogens with zero attached hydrogens (tertiary/aromatic N) is 1. The summed E-state index contributed by atoms with van der Waals surface area (Å²) < 4.78 is 5.75. The number of amides is 2. The molecule has 2 amide bonds. The highest BCUT2D eigenvalue weighted by atomic mass is 16.5. The van der Waals surface area contributed by atoms with Gasteiger partial charge in [-0.2, -0.15) is 0 Å². The zero-order valence-corrected chi connectivity index (χ0v) is 15.9. The van der Waals surface area contributed by atoms with E-state index in [1.807, 2.05) is 62.4 Å². The van der Waals surface area contributed by atoms with Crippen LogP contribution in [0, 0.1) is 12.8 Å². The van der Waals surface area contributed by atoms with Crippen LogP contribution in [0.4, 0.5) is 5.69 Å². The fourth-order valence-corrected chi connectivity index (χ4v) is 3.36. The number of benzene rings is 2. The maximum absolute atomic E-state index is 13.0. The lowest BCUT2D eigenvalue weighted by Crippen LogP contribution is -2.44. The van der Waals surface area contributed by atoms with E-state index in [2.05, 4.69) is 5.32 Å². The minimum absolute atomic E-state index is 0.0220. The van der Waals surface area contributed by atoms with Gasteiger partial charge in [-0.05, 0) is 43.0 Å². The van der Waals surface area contributed by atoms with Crippen LogP contribution in [0.15, 0.2) is 48.5 Å². The molecule has 0 bridgehead atoms. The van der Waals surface area contributed by atoms with E-state index >= 15 is 0 Å². The number of hydrogen-bond donors (Lipinski definition) is 1. The van der Waals surface area contributed by atoms with E-state index in [-0.39, 0.29) is 24.3 Å². The number of ether oxygens (including phenoxy) is 1. The van der Waals surface area contributed by atoms with Crippen LogP contribution in [0.5, 0.6) is 5.75 Å². The maximum atomic E-state index is 13.0. The van der Waals surface area contributed by atoms with Gasteiger partial charge in [0, 0.05) is 12.2 Å². The van der Waals surface area contributed by atoms with Gasteiger partial charge in [-0.3, -0.25) is 9.59 Å². The van der Waals surface area contributed by atoms with Crippen molar-refractivity contribution in [2.45, 2.75) is 26.7 Å². The Morgan fingerprint density at radius 1 is 1.15 bits per heavy atom. The molecular weight excluding hydrogens is 340 g/mol. The van der Waals surface area contributed by atoms with Crippen molar-refractivity contribution in [3.63, 3.8) is 0 Å². The SMILES string of the molecule is CCCN(CC(=O)Nc1ccccc1C)C(=O)C1COc2ccccc2C1. The topological polar surface area (TPSA) is 58.6 Å². The molecule has 1 aliphatic rings. The molecule has 0 radical (unpaired) electrons. The van der Waals surface area contributed by atoms with Crippen LogP contribution >= 0.6 is 0 Å². The third-order valence-corrected chi connectivity index (χ3v) is 4.79. The zero-order chi connectivity index (χ0) is 19.2. The number of fused-ring (bicyclic) bond motifs is 1. The summed E-state index contributed by atoms with van der Waals surface area (Å²) in [4.78, 5) is 27.2. The number of carbonyl (C=O) groups is 2. The quantitative estimate of drug-likeness (QED) is 0.852. The van der Waals surface area contributed by atoms with Gasteiger partial charge in [0.2, 0.25) is 11.8 Å². The number of carbonyl (C=O) groups excluding carboxylic acids is 2. The molecule has 0 aliphatic carbocycles. The van der Waals surface area contributed by atoms with Gasteiger partial charge in [-0.1, -0.05) is 43.3 Å².